The second-order valence-electron chi connectivity index (χ2n) is 3.16. The molecule has 0 unspecified atom stereocenters. The summed E-state index contributed by atoms with van der Waals surface area (Å²) in [6.07, 6.45) is 3.46. The van der Waals surface area contributed by atoms with Crippen LogP contribution < -0.4 is 5.32 Å². The Morgan fingerprint density at radius 3 is 3.25 bits per heavy atom. The molecule has 0 aliphatic heterocycles. The van der Waals surface area contributed by atoms with Crippen molar-refractivity contribution in [3.8, 4) is 0 Å². The minimum Gasteiger partial charge on any atom is -0.361 e. The molecule has 3 nitrogen and oxygen atoms in total. The molecule has 0 radical (unpaired) electrons. The third-order valence-electron chi connectivity index (χ3n) is 2.32. The molecule has 0 bridgehead atoms. The van der Waals surface area contributed by atoms with Gasteiger partial charge in [0, 0.05) is 18.5 Å². The molecule has 1 N–H and O–H groups in total. The van der Waals surface area contributed by atoms with E-state index in [2.05, 4.69) is 17.4 Å². The van der Waals surface area contributed by atoms with E-state index in [0.29, 0.717) is 0 Å². The number of aryl methyl sites for hydroxylation is 1. The second-order valence-corrected chi connectivity index (χ2v) is 3.16. The fraction of sp³-hybridized carbons (Fsp3) is 0.667. The highest BCUT2D eigenvalue weighted by atomic mass is 16.5. The van der Waals surface area contributed by atoms with Crippen LogP contribution in [0.25, 0.3) is 0 Å². The Bertz CT molecular complexity index is 267. The van der Waals surface area contributed by atoms with Gasteiger partial charge in [0.1, 0.15) is 11.5 Å². The maximum Gasteiger partial charge on any atom is 0.140 e. The van der Waals surface area contributed by atoms with Gasteiger partial charge in [-0.15, -0.1) is 0 Å². The number of nitrogens with one attached hydrogen (secondary N) is 1. The topological polar surface area (TPSA) is 38.1 Å². The van der Waals surface area contributed by atoms with Gasteiger partial charge in [-0.1, -0.05) is 12.1 Å². The van der Waals surface area contributed by atoms with Crippen LogP contribution in [0, 0.1) is 0 Å². The van der Waals surface area contributed by atoms with Crippen molar-refractivity contribution in [2.24, 2.45) is 0 Å². The van der Waals surface area contributed by atoms with E-state index in [1.165, 1.54) is 12.0 Å². The van der Waals surface area contributed by atoms with Gasteiger partial charge in [-0.2, -0.15) is 0 Å². The minimum absolute atomic E-state index is 0.856. The molecule has 0 aromatic carbocycles. The predicted octanol–water partition coefficient (Wildman–Crippen LogP) is 1.27. The fourth-order valence-corrected chi connectivity index (χ4v) is 1.67. The van der Waals surface area contributed by atoms with Crippen LogP contribution in [-0.4, -0.2) is 11.7 Å². The SMILES string of the molecule is CCNCc1noc2c1CCC2. The van der Waals surface area contributed by atoms with Crippen LogP contribution in [0.1, 0.15) is 30.4 Å². The summed E-state index contributed by atoms with van der Waals surface area (Å²) in [5.41, 5.74) is 2.47. The largest absolute Gasteiger partial charge is 0.361 e. The Labute approximate surface area is 72.1 Å². The summed E-state index contributed by atoms with van der Waals surface area (Å²) in [6, 6.07) is 0. The van der Waals surface area contributed by atoms with Crippen molar-refractivity contribution in [2.75, 3.05) is 6.54 Å². The molecule has 3 heteroatoms. The molecule has 1 aromatic heterocycles. The summed E-state index contributed by atoms with van der Waals surface area (Å²) < 4.78 is 5.21. The van der Waals surface area contributed by atoms with E-state index < -0.39 is 0 Å². The van der Waals surface area contributed by atoms with Crippen LogP contribution in [0.5, 0.6) is 0 Å². The van der Waals surface area contributed by atoms with Crippen molar-refractivity contribution in [3.63, 3.8) is 0 Å². The van der Waals surface area contributed by atoms with Gasteiger partial charge in [0.05, 0.1) is 0 Å². The van der Waals surface area contributed by atoms with Gasteiger partial charge < -0.3 is 9.84 Å². The Hall–Kier alpha value is -0.830. The maximum absolute atomic E-state index is 5.21. The lowest BCUT2D eigenvalue weighted by molar-refractivity contribution is 0.377. The fourth-order valence-electron chi connectivity index (χ4n) is 1.67. The molecule has 1 heterocycles. The van der Waals surface area contributed by atoms with E-state index in [0.717, 1.165) is 37.4 Å². The number of hydrogen-bond acceptors (Lipinski definition) is 3. The Balaban J connectivity index is 2.11. The number of aromatic nitrogens is 1. The van der Waals surface area contributed by atoms with Gasteiger partial charge in [-0.05, 0) is 19.4 Å². The molecule has 1 aromatic rings. The highest BCUT2D eigenvalue weighted by Crippen LogP contribution is 2.24. The van der Waals surface area contributed by atoms with Crippen molar-refractivity contribution >= 4 is 0 Å². The van der Waals surface area contributed by atoms with Gasteiger partial charge in [-0.3, -0.25) is 0 Å². The maximum atomic E-state index is 5.21. The standard InChI is InChI=1S/C9H14N2O/c1-2-10-6-8-7-4-3-5-9(7)12-11-8/h10H,2-6H2,1H3. The first-order valence-electron chi connectivity index (χ1n) is 4.59. The molecule has 2 rings (SSSR count). The molecule has 1 aliphatic carbocycles. The lowest BCUT2D eigenvalue weighted by Gasteiger charge is -1.97. The zero-order chi connectivity index (χ0) is 8.39. The summed E-state index contributed by atoms with van der Waals surface area (Å²) in [6.45, 7) is 3.94. The minimum atomic E-state index is 0.856. The normalized spacial score (nSPS) is 15.1. The van der Waals surface area contributed by atoms with Crippen LogP contribution in [0.2, 0.25) is 0 Å². The summed E-state index contributed by atoms with van der Waals surface area (Å²) in [4.78, 5) is 0. The van der Waals surface area contributed by atoms with E-state index >= 15 is 0 Å². The van der Waals surface area contributed by atoms with E-state index in [1.54, 1.807) is 0 Å². The van der Waals surface area contributed by atoms with Crippen molar-refractivity contribution in [1.29, 1.82) is 0 Å². The molecule has 0 atom stereocenters. The van der Waals surface area contributed by atoms with Crippen molar-refractivity contribution in [3.05, 3.63) is 17.0 Å². The second kappa shape index (κ2) is 3.27. The summed E-state index contributed by atoms with van der Waals surface area (Å²) in [5.74, 6) is 1.11. The van der Waals surface area contributed by atoms with Crippen LogP contribution in [0.3, 0.4) is 0 Å². The molecule has 0 amide bonds. The highest BCUT2D eigenvalue weighted by molar-refractivity contribution is 5.26. The van der Waals surface area contributed by atoms with Gasteiger partial charge in [0.15, 0.2) is 0 Å². The summed E-state index contributed by atoms with van der Waals surface area (Å²) in [7, 11) is 0. The number of rotatable bonds is 3. The molecule has 0 saturated heterocycles. The Kier molecular flexibility index (Phi) is 2.13. The van der Waals surface area contributed by atoms with Crippen LogP contribution in [0.15, 0.2) is 4.52 Å². The molecule has 0 spiro atoms. The monoisotopic (exact) mass is 166 g/mol. The number of nitrogens with zero attached hydrogens (tertiary/aromatic N) is 1. The predicted molar refractivity (Wildman–Crippen MR) is 45.9 cm³/mol. The molecular weight excluding hydrogens is 152 g/mol. The summed E-state index contributed by atoms with van der Waals surface area (Å²) in [5, 5.41) is 7.30. The summed E-state index contributed by atoms with van der Waals surface area (Å²) >= 11 is 0. The first kappa shape index (κ1) is 7.80. The van der Waals surface area contributed by atoms with Crippen LogP contribution in [0.4, 0.5) is 0 Å². The average molecular weight is 166 g/mol. The van der Waals surface area contributed by atoms with Crippen molar-refractivity contribution in [2.45, 2.75) is 32.7 Å². The van der Waals surface area contributed by atoms with Crippen molar-refractivity contribution in [1.82, 2.24) is 10.5 Å². The average Bonchev–Trinajstić information content (AvgIpc) is 2.62. The highest BCUT2D eigenvalue weighted by Gasteiger charge is 2.20. The number of fused-ring (bicyclic) bond motifs is 1. The molecule has 0 saturated carbocycles. The first-order valence-corrected chi connectivity index (χ1v) is 4.59. The number of hydrogen-bond donors (Lipinski definition) is 1. The molecule has 12 heavy (non-hydrogen) atoms. The van der Waals surface area contributed by atoms with Gasteiger partial charge in [0.2, 0.25) is 0 Å². The van der Waals surface area contributed by atoms with Gasteiger partial charge >= 0.3 is 0 Å². The van der Waals surface area contributed by atoms with E-state index in [-0.39, 0.29) is 0 Å². The van der Waals surface area contributed by atoms with E-state index in [4.69, 9.17) is 4.52 Å². The van der Waals surface area contributed by atoms with E-state index in [9.17, 15) is 0 Å². The Morgan fingerprint density at radius 2 is 2.42 bits per heavy atom. The van der Waals surface area contributed by atoms with E-state index in [1.807, 2.05) is 0 Å². The smallest absolute Gasteiger partial charge is 0.140 e. The molecule has 66 valence electrons. The first-order chi connectivity index (χ1) is 5.92. The lowest BCUT2D eigenvalue weighted by atomic mass is 10.2. The Morgan fingerprint density at radius 1 is 1.50 bits per heavy atom. The zero-order valence-electron chi connectivity index (χ0n) is 7.39. The van der Waals surface area contributed by atoms with Gasteiger partial charge in [-0.25, -0.2) is 0 Å². The molecular formula is C9H14N2O. The van der Waals surface area contributed by atoms with Gasteiger partial charge in [0.25, 0.3) is 0 Å². The zero-order valence-corrected chi connectivity index (χ0v) is 7.39. The van der Waals surface area contributed by atoms with Crippen LogP contribution >= 0.6 is 0 Å². The van der Waals surface area contributed by atoms with Crippen molar-refractivity contribution < 1.29 is 4.52 Å². The lowest BCUT2D eigenvalue weighted by Crippen LogP contribution is -2.13. The quantitative estimate of drug-likeness (QED) is 0.735. The van der Waals surface area contributed by atoms with Crippen LogP contribution in [-0.2, 0) is 19.4 Å². The third kappa shape index (κ3) is 1.25. The third-order valence-corrected chi connectivity index (χ3v) is 2.32. The molecule has 1 aliphatic rings. The molecule has 0 fully saturated rings.